The molecule has 1 aliphatic rings. The standard InChI is InChI=1S/C30H29F3O3/c1-3-5-19-6-8-20(9-7-19)24-15-16-25(29(33)28(24)32)21-10-13-23(14-11-21)36-30(34)22-12-17-27(35-4-2)26(31)18-22/h3,5,10-20H,4,6-9H2,1-2H3. The minimum absolute atomic E-state index is 0.0179. The van der Waals surface area contributed by atoms with Crippen LogP contribution >= 0.6 is 0 Å². The van der Waals surface area contributed by atoms with Gasteiger partial charge in [0.15, 0.2) is 23.2 Å². The van der Waals surface area contributed by atoms with Crippen molar-refractivity contribution in [2.75, 3.05) is 6.61 Å². The molecule has 0 unspecified atom stereocenters. The fraction of sp³-hybridized carbons (Fsp3) is 0.300. The molecule has 0 spiro atoms. The number of carbonyl (C=O) groups excluding carboxylic acids is 1. The minimum atomic E-state index is -0.877. The second kappa shape index (κ2) is 11.5. The molecule has 3 nitrogen and oxygen atoms in total. The van der Waals surface area contributed by atoms with Gasteiger partial charge in [0, 0.05) is 5.56 Å². The second-order valence-electron chi connectivity index (χ2n) is 8.96. The molecule has 0 amide bonds. The maximum Gasteiger partial charge on any atom is 0.343 e. The van der Waals surface area contributed by atoms with Crippen molar-refractivity contribution in [2.45, 2.75) is 45.4 Å². The highest BCUT2D eigenvalue weighted by Crippen LogP contribution is 2.39. The fourth-order valence-electron chi connectivity index (χ4n) is 4.77. The number of carbonyl (C=O) groups is 1. The quantitative estimate of drug-likeness (QED) is 0.188. The molecule has 0 saturated heterocycles. The van der Waals surface area contributed by atoms with Crippen LogP contribution in [0.4, 0.5) is 13.2 Å². The first-order valence-electron chi connectivity index (χ1n) is 12.3. The van der Waals surface area contributed by atoms with Crippen molar-refractivity contribution < 1.29 is 27.4 Å². The number of ether oxygens (including phenoxy) is 2. The number of benzene rings is 3. The molecule has 0 aliphatic heterocycles. The summed E-state index contributed by atoms with van der Waals surface area (Å²) < 4.78 is 54.5. The van der Waals surface area contributed by atoms with E-state index >= 15 is 8.78 Å². The molecule has 1 fully saturated rings. The maximum atomic E-state index is 15.0. The lowest BCUT2D eigenvalue weighted by atomic mass is 9.78. The first-order valence-corrected chi connectivity index (χ1v) is 12.3. The Hall–Kier alpha value is -3.54. The van der Waals surface area contributed by atoms with E-state index in [0.717, 1.165) is 31.7 Å². The predicted octanol–water partition coefficient (Wildman–Crippen LogP) is 8.24. The number of hydrogen-bond donors (Lipinski definition) is 0. The lowest BCUT2D eigenvalue weighted by Crippen LogP contribution is -2.13. The van der Waals surface area contributed by atoms with Gasteiger partial charge in [-0.2, -0.15) is 0 Å². The van der Waals surface area contributed by atoms with Gasteiger partial charge in [0.2, 0.25) is 0 Å². The lowest BCUT2D eigenvalue weighted by Gasteiger charge is -2.27. The number of esters is 1. The highest BCUT2D eigenvalue weighted by Gasteiger charge is 2.25. The number of allylic oxidation sites excluding steroid dienone is 2. The molecular weight excluding hydrogens is 465 g/mol. The third-order valence-electron chi connectivity index (χ3n) is 6.63. The zero-order chi connectivity index (χ0) is 25.7. The number of hydrogen-bond acceptors (Lipinski definition) is 3. The van der Waals surface area contributed by atoms with Crippen LogP contribution in [0.15, 0.2) is 66.7 Å². The Morgan fingerprint density at radius 3 is 2.31 bits per heavy atom. The van der Waals surface area contributed by atoms with E-state index in [4.69, 9.17) is 9.47 Å². The Kier molecular flexibility index (Phi) is 8.14. The van der Waals surface area contributed by atoms with Gasteiger partial charge < -0.3 is 9.47 Å². The molecule has 36 heavy (non-hydrogen) atoms. The summed E-state index contributed by atoms with van der Waals surface area (Å²) in [5, 5.41) is 0. The summed E-state index contributed by atoms with van der Waals surface area (Å²) in [7, 11) is 0. The van der Waals surface area contributed by atoms with E-state index in [1.165, 1.54) is 24.3 Å². The van der Waals surface area contributed by atoms with Crippen molar-refractivity contribution in [3.63, 3.8) is 0 Å². The average molecular weight is 495 g/mol. The van der Waals surface area contributed by atoms with E-state index in [-0.39, 0.29) is 28.5 Å². The van der Waals surface area contributed by atoms with Crippen molar-refractivity contribution in [3.8, 4) is 22.6 Å². The van der Waals surface area contributed by atoms with Gasteiger partial charge >= 0.3 is 5.97 Å². The van der Waals surface area contributed by atoms with Crippen molar-refractivity contribution in [1.29, 1.82) is 0 Å². The molecule has 3 aromatic rings. The van der Waals surface area contributed by atoms with Gasteiger partial charge in [-0.3, -0.25) is 0 Å². The van der Waals surface area contributed by atoms with E-state index in [9.17, 15) is 9.18 Å². The van der Waals surface area contributed by atoms with Crippen LogP contribution in [0.5, 0.6) is 11.5 Å². The van der Waals surface area contributed by atoms with E-state index in [1.807, 2.05) is 13.0 Å². The lowest BCUT2D eigenvalue weighted by molar-refractivity contribution is 0.0734. The van der Waals surface area contributed by atoms with Crippen LogP contribution in [0.3, 0.4) is 0 Å². The SMILES string of the molecule is CC=CC1CCC(c2ccc(-c3ccc(OC(=O)c4ccc(OCC)c(F)c4)cc3)c(F)c2F)CC1. The second-order valence-corrected chi connectivity index (χ2v) is 8.96. The molecule has 0 atom stereocenters. The molecule has 0 aromatic heterocycles. The summed E-state index contributed by atoms with van der Waals surface area (Å²) in [6.07, 6.45) is 7.86. The summed E-state index contributed by atoms with van der Waals surface area (Å²) in [4.78, 5) is 12.4. The highest BCUT2D eigenvalue weighted by atomic mass is 19.2. The molecule has 6 heteroatoms. The van der Waals surface area contributed by atoms with Crippen LogP contribution in [0.2, 0.25) is 0 Å². The summed E-state index contributed by atoms with van der Waals surface area (Å²) >= 11 is 0. The van der Waals surface area contributed by atoms with E-state index in [0.29, 0.717) is 23.7 Å². The smallest absolute Gasteiger partial charge is 0.343 e. The Balaban J connectivity index is 1.45. The Bertz CT molecular complexity index is 1240. The third-order valence-corrected chi connectivity index (χ3v) is 6.63. The maximum absolute atomic E-state index is 15.0. The summed E-state index contributed by atoms with van der Waals surface area (Å²) in [5.41, 5.74) is 1.07. The van der Waals surface area contributed by atoms with Gasteiger partial charge in [0.25, 0.3) is 0 Å². The zero-order valence-corrected chi connectivity index (χ0v) is 20.4. The Labute approximate surface area is 209 Å². The molecule has 0 N–H and O–H groups in total. The first kappa shape index (κ1) is 25.5. The Morgan fingerprint density at radius 1 is 0.944 bits per heavy atom. The molecule has 0 radical (unpaired) electrons. The summed E-state index contributed by atoms with van der Waals surface area (Å²) in [6, 6.07) is 13.2. The van der Waals surface area contributed by atoms with E-state index < -0.39 is 23.4 Å². The van der Waals surface area contributed by atoms with Crippen molar-refractivity contribution in [3.05, 3.63) is 95.3 Å². The number of rotatable bonds is 7. The zero-order valence-electron chi connectivity index (χ0n) is 20.4. The van der Waals surface area contributed by atoms with Crippen LogP contribution in [0.1, 0.15) is 61.4 Å². The molecule has 0 bridgehead atoms. The normalized spacial score (nSPS) is 17.8. The monoisotopic (exact) mass is 494 g/mol. The van der Waals surface area contributed by atoms with Gasteiger partial charge in [-0.25, -0.2) is 18.0 Å². The predicted molar refractivity (Wildman–Crippen MR) is 134 cm³/mol. The molecule has 3 aromatic carbocycles. The van der Waals surface area contributed by atoms with Crippen molar-refractivity contribution in [1.82, 2.24) is 0 Å². The fourth-order valence-corrected chi connectivity index (χ4v) is 4.77. The van der Waals surface area contributed by atoms with Crippen molar-refractivity contribution in [2.24, 2.45) is 5.92 Å². The highest BCUT2D eigenvalue weighted by molar-refractivity contribution is 5.91. The largest absolute Gasteiger partial charge is 0.491 e. The van der Waals surface area contributed by atoms with Crippen LogP contribution in [-0.4, -0.2) is 12.6 Å². The Morgan fingerprint density at radius 2 is 1.67 bits per heavy atom. The van der Waals surface area contributed by atoms with Gasteiger partial charge in [-0.05, 0) is 92.8 Å². The van der Waals surface area contributed by atoms with Gasteiger partial charge in [-0.1, -0.05) is 36.4 Å². The average Bonchev–Trinajstić information content (AvgIpc) is 2.88. The van der Waals surface area contributed by atoms with Crippen molar-refractivity contribution >= 4 is 5.97 Å². The molecule has 4 rings (SSSR count). The van der Waals surface area contributed by atoms with Crippen LogP contribution in [0.25, 0.3) is 11.1 Å². The number of halogens is 3. The molecule has 1 saturated carbocycles. The summed E-state index contributed by atoms with van der Waals surface area (Å²) in [5.74, 6) is -2.28. The van der Waals surface area contributed by atoms with Crippen LogP contribution < -0.4 is 9.47 Å². The molecule has 1 aliphatic carbocycles. The van der Waals surface area contributed by atoms with Gasteiger partial charge in [-0.15, -0.1) is 0 Å². The van der Waals surface area contributed by atoms with Crippen LogP contribution in [-0.2, 0) is 0 Å². The third kappa shape index (κ3) is 5.64. The van der Waals surface area contributed by atoms with Gasteiger partial charge in [0.05, 0.1) is 12.2 Å². The first-order chi connectivity index (χ1) is 17.4. The van der Waals surface area contributed by atoms with Gasteiger partial charge in [0.1, 0.15) is 5.75 Å². The summed E-state index contributed by atoms with van der Waals surface area (Å²) in [6.45, 7) is 4.04. The topological polar surface area (TPSA) is 35.5 Å². The molecule has 0 heterocycles. The van der Waals surface area contributed by atoms with E-state index in [1.54, 1.807) is 31.2 Å². The molecule has 188 valence electrons. The molecular formula is C30H29F3O3. The van der Waals surface area contributed by atoms with E-state index in [2.05, 4.69) is 6.08 Å². The minimum Gasteiger partial charge on any atom is -0.491 e. The van der Waals surface area contributed by atoms with Crippen LogP contribution in [0, 0.1) is 23.4 Å².